The van der Waals surface area contributed by atoms with Crippen LogP contribution in [0.3, 0.4) is 0 Å². The molecule has 1 heterocycles. The molecule has 0 saturated carbocycles. The molecular formula is C21H24ClFN2O3S. The molecule has 3 rings (SSSR count). The third-order valence-corrected chi connectivity index (χ3v) is 7.39. The van der Waals surface area contributed by atoms with Gasteiger partial charge in [0.1, 0.15) is 10.7 Å². The smallest absolute Gasteiger partial charge is 0.246 e. The van der Waals surface area contributed by atoms with Gasteiger partial charge in [-0.1, -0.05) is 41.9 Å². The van der Waals surface area contributed by atoms with Crippen LogP contribution >= 0.6 is 11.6 Å². The van der Waals surface area contributed by atoms with Gasteiger partial charge in [-0.2, -0.15) is 4.31 Å². The van der Waals surface area contributed by atoms with Crippen LogP contribution in [-0.4, -0.2) is 42.7 Å². The van der Waals surface area contributed by atoms with E-state index < -0.39 is 20.7 Å². The molecule has 156 valence electrons. The van der Waals surface area contributed by atoms with Crippen LogP contribution in [0.25, 0.3) is 0 Å². The fourth-order valence-electron chi connectivity index (χ4n) is 3.55. The molecule has 1 atom stereocenters. The summed E-state index contributed by atoms with van der Waals surface area (Å²) in [7, 11) is -4.25. The van der Waals surface area contributed by atoms with E-state index in [1.807, 2.05) is 6.92 Å². The molecule has 8 heteroatoms. The average molecular weight is 439 g/mol. The van der Waals surface area contributed by atoms with E-state index in [-0.39, 0.29) is 25.0 Å². The van der Waals surface area contributed by atoms with Gasteiger partial charge in [0.05, 0.1) is 6.54 Å². The van der Waals surface area contributed by atoms with Gasteiger partial charge in [0.15, 0.2) is 0 Å². The number of carbonyl (C=O) groups is 1. The van der Waals surface area contributed by atoms with Crippen molar-refractivity contribution in [3.8, 4) is 0 Å². The predicted molar refractivity (Wildman–Crippen MR) is 110 cm³/mol. The number of carbonyl (C=O) groups excluding carboxylic acids is 1. The molecule has 1 aliphatic rings. The van der Waals surface area contributed by atoms with Gasteiger partial charge < -0.3 is 4.90 Å². The summed E-state index contributed by atoms with van der Waals surface area (Å²) >= 11 is 6.21. The maximum atomic E-state index is 14.3. The zero-order valence-electron chi connectivity index (χ0n) is 16.2. The second kappa shape index (κ2) is 9.24. The molecule has 0 aliphatic carbocycles. The number of hydrogen-bond acceptors (Lipinski definition) is 3. The fourth-order valence-corrected chi connectivity index (χ4v) is 5.17. The van der Waals surface area contributed by atoms with Crippen molar-refractivity contribution >= 4 is 27.5 Å². The first-order valence-electron chi connectivity index (χ1n) is 9.58. The molecule has 1 aliphatic heterocycles. The van der Waals surface area contributed by atoms with Gasteiger partial charge in [0.2, 0.25) is 15.9 Å². The summed E-state index contributed by atoms with van der Waals surface area (Å²) in [5.41, 5.74) is 0.550. The Morgan fingerprint density at radius 2 is 1.86 bits per heavy atom. The maximum absolute atomic E-state index is 14.3. The van der Waals surface area contributed by atoms with Crippen molar-refractivity contribution in [3.63, 3.8) is 0 Å². The Labute approximate surface area is 176 Å². The number of halogens is 2. The Morgan fingerprint density at radius 1 is 1.17 bits per heavy atom. The first-order valence-corrected chi connectivity index (χ1v) is 11.4. The molecule has 1 amide bonds. The van der Waals surface area contributed by atoms with E-state index in [0.29, 0.717) is 17.1 Å². The molecule has 1 fully saturated rings. The van der Waals surface area contributed by atoms with Crippen LogP contribution in [0.15, 0.2) is 53.4 Å². The normalized spacial score (nSPS) is 17.5. The van der Waals surface area contributed by atoms with Crippen molar-refractivity contribution in [1.82, 2.24) is 9.21 Å². The second-order valence-corrected chi connectivity index (χ2v) is 9.54. The Balaban J connectivity index is 1.94. The number of benzene rings is 2. The first kappa shape index (κ1) is 21.7. The minimum absolute atomic E-state index is 0.0505. The third kappa shape index (κ3) is 4.97. The minimum atomic E-state index is -4.25. The van der Waals surface area contributed by atoms with Crippen LogP contribution in [0.5, 0.6) is 0 Å². The Bertz CT molecular complexity index is 983. The van der Waals surface area contributed by atoms with Gasteiger partial charge in [0, 0.05) is 24.2 Å². The number of nitrogens with zero attached hydrogens (tertiary/aromatic N) is 2. The third-order valence-electron chi connectivity index (χ3n) is 5.19. The van der Waals surface area contributed by atoms with E-state index in [9.17, 15) is 17.6 Å². The number of rotatable bonds is 6. The number of hydrogen-bond donors (Lipinski definition) is 0. The Morgan fingerprint density at radius 3 is 2.55 bits per heavy atom. The van der Waals surface area contributed by atoms with Crippen molar-refractivity contribution in [2.45, 2.75) is 43.7 Å². The monoisotopic (exact) mass is 438 g/mol. The number of amides is 1. The van der Waals surface area contributed by atoms with Gasteiger partial charge in [-0.15, -0.1) is 0 Å². The second-order valence-electron chi connectivity index (χ2n) is 7.23. The van der Waals surface area contributed by atoms with E-state index in [1.165, 1.54) is 18.2 Å². The molecule has 0 unspecified atom stereocenters. The topological polar surface area (TPSA) is 57.7 Å². The first-order chi connectivity index (χ1) is 13.8. The van der Waals surface area contributed by atoms with Crippen molar-refractivity contribution < 1.29 is 17.6 Å². The molecular weight excluding hydrogens is 415 g/mol. The molecule has 0 spiro atoms. The number of sulfonamides is 1. The molecule has 2 aromatic carbocycles. The van der Waals surface area contributed by atoms with Crippen LogP contribution in [0.2, 0.25) is 5.02 Å². The van der Waals surface area contributed by atoms with Gasteiger partial charge in [-0.3, -0.25) is 4.79 Å². The van der Waals surface area contributed by atoms with E-state index in [1.54, 1.807) is 29.2 Å². The average Bonchev–Trinajstić information content (AvgIpc) is 2.69. The Kier molecular flexibility index (Phi) is 6.93. The van der Waals surface area contributed by atoms with Crippen LogP contribution < -0.4 is 0 Å². The standard InChI is InChI=1S/C21H24ClFN2O3S/c1-16-8-6-7-13-25(16)21(26)15-24(14-17-9-2-3-10-18(17)22)29(27,28)20-12-5-4-11-19(20)23/h2-5,9-12,16H,6-8,13-15H2,1H3/t16-/m1/s1. The highest BCUT2D eigenvalue weighted by Crippen LogP contribution is 2.25. The summed E-state index contributed by atoms with van der Waals surface area (Å²) in [5, 5.41) is 0.389. The predicted octanol–water partition coefficient (Wildman–Crippen LogP) is 4.07. The molecule has 2 aromatic rings. The summed E-state index contributed by atoms with van der Waals surface area (Å²) in [4.78, 5) is 14.2. The lowest BCUT2D eigenvalue weighted by molar-refractivity contribution is -0.134. The zero-order chi connectivity index (χ0) is 21.0. The highest BCUT2D eigenvalue weighted by atomic mass is 35.5. The Hall–Kier alpha value is -1.96. The largest absolute Gasteiger partial charge is 0.339 e. The van der Waals surface area contributed by atoms with E-state index in [2.05, 4.69) is 0 Å². The van der Waals surface area contributed by atoms with Crippen LogP contribution in [-0.2, 0) is 21.4 Å². The van der Waals surface area contributed by atoms with Crippen LogP contribution in [0, 0.1) is 5.82 Å². The lowest BCUT2D eigenvalue weighted by Gasteiger charge is -2.35. The van der Waals surface area contributed by atoms with Gasteiger partial charge in [0.25, 0.3) is 0 Å². The summed E-state index contributed by atoms with van der Waals surface area (Å²) in [6.45, 7) is 2.07. The highest BCUT2D eigenvalue weighted by Gasteiger charge is 2.32. The van der Waals surface area contributed by atoms with Gasteiger partial charge in [-0.25, -0.2) is 12.8 Å². The van der Waals surface area contributed by atoms with E-state index in [4.69, 9.17) is 11.6 Å². The summed E-state index contributed by atoms with van der Waals surface area (Å²) in [6, 6.07) is 12.1. The van der Waals surface area contributed by atoms with Gasteiger partial charge in [-0.05, 0) is 49.9 Å². The van der Waals surface area contributed by atoms with Crippen molar-refractivity contribution in [1.29, 1.82) is 0 Å². The molecule has 0 radical (unpaired) electrons. The lowest BCUT2D eigenvalue weighted by atomic mass is 10.0. The number of likely N-dealkylation sites (tertiary alicyclic amines) is 1. The van der Waals surface area contributed by atoms with Crippen molar-refractivity contribution in [3.05, 3.63) is 64.9 Å². The molecule has 29 heavy (non-hydrogen) atoms. The summed E-state index contributed by atoms with van der Waals surface area (Å²) in [5.74, 6) is -1.14. The summed E-state index contributed by atoms with van der Waals surface area (Å²) < 4.78 is 41.8. The van der Waals surface area contributed by atoms with Crippen LogP contribution in [0.1, 0.15) is 31.7 Å². The molecule has 0 aromatic heterocycles. The molecule has 0 bridgehead atoms. The molecule has 5 nitrogen and oxygen atoms in total. The van der Waals surface area contributed by atoms with Crippen molar-refractivity contribution in [2.75, 3.05) is 13.1 Å². The van der Waals surface area contributed by atoms with Crippen LogP contribution in [0.4, 0.5) is 4.39 Å². The van der Waals surface area contributed by atoms with E-state index in [0.717, 1.165) is 29.6 Å². The molecule has 0 N–H and O–H groups in total. The minimum Gasteiger partial charge on any atom is -0.339 e. The van der Waals surface area contributed by atoms with Gasteiger partial charge >= 0.3 is 0 Å². The quantitative estimate of drug-likeness (QED) is 0.683. The lowest BCUT2D eigenvalue weighted by Crippen LogP contribution is -2.48. The molecule has 1 saturated heterocycles. The van der Waals surface area contributed by atoms with Crippen molar-refractivity contribution in [2.24, 2.45) is 0 Å². The summed E-state index contributed by atoms with van der Waals surface area (Å²) in [6.07, 6.45) is 2.82. The zero-order valence-corrected chi connectivity index (χ0v) is 17.8. The SMILES string of the molecule is C[C@@H]1CCCCN1C(=O)CN(Cc1ccccc1Cl)S(=O)(=O)c1ccccc1F. The number of piperidine rings is 1. The highest BCUT2D eigenvalue weighted by molar-refractivity contribution is 7.89. The maximum Gasteiger partial charge on any atom is 0.246 e. The van der Waals surface area contributed by atoms with E-state index >= 15 is 0 Å². The fraction of sp³-hybridized carbons (Fsp3) is 0.381.